The molecule has 0 aliphatic rings. The van der Waals surface area contributed by atoms with Crippen LogP contribution in [0.25, 0.3) is 11.3 Å². The summed E-state index contributed by atoms with van der Waals surface area (Å²) in [6.45, 7) is 17.1. The summed E-state index contributed by atoms with van der Waals surface area (Å²) in [4.78, 5) is 0. The van der Waals surface area contributed by atoms with Gasteiger partial charge in [0.05, 0.1) is 5.56 Å². The molecule has 1 heteroatoms. The summed E-state index contributed by atoms with van der Waals surface area (Å²) in [7, 11) is 0. The summed E-state index contributed by atoms with van der Waals surface area (Å²) < 4.78 is 2.51. The van der Waals surface area contributed by atoms with E-state index in [1.807, 2.05) is 0 Å². The Hall–Kier alpha value is -1.63. The maximum atomic E-state index is 2.51. The van der Waals surface area contributed by atoms with Crippen LogP contribution in [-0.4, -0.2) is 0 Å². The van der Waals surface area contributed by atoms with Gasteiger partial charge in [-0.25, -0.2) is 0 Å². The molecule has 0 bridgehead atoms. The number of aromatic nitrogens is 1. The molecule has 0 fully saturated rings. The van der Waals surface area contributed by atoms with Crippen LogP contribution in [0.3, 0.4) is 0 Å². The van der Waals surface area contributed by atoms with Gasteiger partial charge in [-0.2, -0.15) is 4.57 Å². The van der Waals surface area contributed by atoms with E-state index < -0.39 is 0 Å². The zero-order valence-corrected chi connectivity index (χ0v) is 17.4. The number of nitrogens with zero attached hydrogens (tertiary/aromatic N) is 1. The molecule has 0 aliphatic carbocycles. The lowest BCUT2D eigenvalue weighted by molar-refractivity contribution is -0.692. The quantitative estimate of drug-likeness (QED) is 0.511. The van der Waals surface area contributed by atoms with Crippen molar-refractivity contribution >= 4 is 0 Å². The molecule has 0 spiro atoms. The SMILES string of the molecule is CCC[n+]1c(C)cc(C)cc1-c1cc(C)ccc1C(C)(CC)CCC. The first-order valence-corrected chi connectivity index (χ1v) is 9.98. The van der Waals surface area contributed by atoms with Gasteiger partial charge in [-0.15, -0.1) is 0 Å². The molecule has 0 amide bonds. The Morgan fingerprint density at radius 1 is 0.880 bits per heavy atom. The maximum absolute atomic E-state index is 2.51. The van der Waals surface area contributed by atoms with E-state index in [-0.39, 0.29) is 5.41 Å². The minimum atomic E-state index is 0.236. The fraction of sp³-hybridized carbons (Fsp3) is 0.542. The van der Waals surface area contributed by atoms with Gasteiger partial charge in [0.2, 0.25) is 5.69 Å². The maximum Gasteiger partial charge on any atom is 0.213 e. The van der Waals surface area contributed by atoms with Crippen molar-refractivity contribution in [3.63, 3.8) is 0 Å². The largest absolute Gasteiger partial charge is 0.213 e. The van der Waals surface area contributed by atoms with Crippen molar-refractivity contribution in [2.45, 2.75) is 86.1 Å². The van der Waals surface area contributed by atoms with Crippen LogP contribution in [0.5, 0.6) is 0 Å². The third-order valence-electron chi connectivity index (χ3n) is 5.65. The van der Waals surface area contributed by atoms with Gasteiger partial charge in [0.1, 0.15) is 6.54 Å². The molecule has 2 rings (SSSR count). The first kappa shape index (κ1) is 19.7. The zero-order chi connectivity index (χ0) is 18.6. The van der Waals surface area contributed by atoms with Crippen LogP contribution in [-0.2, 0) is 12.0 Å². The summed E-state index contributed by atoms with van der Waals surface area (Å²) in [6, 6.07) is 11.8. The van der Waals surface area contributed by atoms with Gasteiger partial charge >= 0.3 is 0 Å². The van der Waals surface area contributed by atoms with Gasteiger partial charge in [0.15, 0.2) is 5.69 Å². The molecule has 1 aromatic carbocycles. The van der Waals surface area contributed by atoms with E-state index in [4.69, 9.17) is 0 Å². The number of rotatable bonds is 7. The Kier molecular flexibility index (Phi) is 6.43. The van der Waals surface area contributed by atoms with Crippen molar-refractivity contribution in [1.29, 1.82) is 0 Å². The van der Waals surface area contributed by atoms with Crippen LogP contribution in [0.2, 0.25) is 0 Å². The van der Waals surface area contributed by atoms with E-state index >= 15 is 0 Å². The van der Waals surface area contributed by atoms with E-state index in [1.165, 1.54) is 52.9 Å². The summed E-state index contributed by atoms with van der Waals surface area (Å²) in [5.74, 6) is 0. The second kappa shape index (κ2) is 8.17. The highest BCUT2D eigenvalue weighted by molar-refractivity contribution is 5.65. The number of benzene rings is 1. The molecular formula is C24H36N+. The fourth-order valence-electron chi connectivity index (χ4n) is 4.13. The van der Waals surface area contributed by atoms with E-state index in [1.54, 1.807) is 0 Å². The summed E-state index contributed by atoms with van der Waals surface area (Å²) >= 11 is 0. The second-order valence-corrected chi connectivity index (χ2v) is 7.92. The predicted octanol–water partition coefficient (Wildman–Crippen LogP) is 6.44. The number of hydrogen-bond donors (Lipinski definition) is 0. The monoisotopic (exact) mass is 338 g/mol. The van der Waals surface area contributed by atoms with E-state index in [0.29, 0.717) is 0 Å². The van der Waals surface area contributed by atoms with Crippen LogP contribution < -0.4 is 4.57 Å². The second-order valence-electron chi connectivity index (χ2n) is 7.92. The standard InChI is InChI=1S/C24H36N/c1-8-13-24(7,10-3)22-12-11-18(4)16-21(22)23-17-19(5)15-20(6)25(23)14-9-2/h11-12,15-17H,8-10,13-14H2,1-7H3/q+1. The van der Waals surface area contributed by atoms with E-state index in [2.05, 4.69) is 83.4 Å². The average molecular weight is 339 g/mol. The lowest BCUT2D eigenvalue weighted by Gasteiger charge is -2.31. The van der Waals surface area contributed by atoms with Crippen molar-refractivity contribution in [1.82, 2.24) is 0 Å². The number of hydrogen-bond acceptors (Lipinski definition) is 0. The smallest absolute Gasteiger partial charge is 0.196 e. The molecule has 1 unspecified atom stereocenters. The molecule has 1 atom stereocenters. The highest BCUT2D eigenvalue weighted by Gasteiger charge is 2.30. The van der Waals surface area contributed by atoms with Crippen LogP contribution in [0.4, 0.5) is 0 Å². The summed E-state index contributed by atoms with van der Waals surface area (Å²) in [5.41, 5.74) is 8.61. The van der Waals surface area contributed by atoms with Crippen LogP contribution >= 0.6 is 0 Å². The van der Waals surface area contributed by atoms with E-state index in [0.717, 1.165) is 13.0 Å². The van der Waals surface area contributed by atoms with Crippen molar-refractivity contribution in [2.75, 3.05) is 0 Å². The third kappa shape index (κ3) is 4.14. The zero-order valence-electron chi connectivity index (χ0n) is 17.4. The molecule has 1 heterocycles. The van der Waals surface area contributed by atoms with Crippen molar-refractivity contribution < 1.29 is 4.57 Å². The molecule has 25 heavy (non-hydrogen) atoms. The molecule has 0 radical (unpaired) electrons. The molecule has 0 saturated carbocycles. The van der Waals surface area contributed by atoms with Crippen molar-refractivity contribution in [2.24, 2.45) is 0 Å². The lowest BCUT2D eigenvalue weighted by Crippen LogP contribution is -2.40. The Labute approximate surface area is 155 Å². The van der Waals surface area contributed by atoms with E-state index in [9.17, 15) is 0 Å². The van der Waals surface area contributed by atoms with Gasteiger partial charge < -0.3 is 0 Å². The van der Waals surface area contributed by atoms with Gasteiger partial charge in [0, 0.05) is 25.5 Å². The summed E-state index contributed by atoms with van der Waals surface area (Å²) in [6.07, 6.45) is 4.79. The molecule has 1 nitrogen and oxygen atoms in total. The summed E-state index contributed by atoms with van der Waals surface area (Å²) in [5, 5.41) is 0. The van der Waals surface area contributed by atoms with Gasteiger partial charge in [0.25, 0.3) is 0 Å². The van der Waals surface area contributed by atoms with Crippen molar-refractivity contribution in [3.8, 4) is 11.3 Å². The Morgan fingerprint density at radius 2 is 1.60 bits per heavy atom. The van der Waals surface area contributed by atoms with Crippen LogP contribution in [0, 0.1) is 20.8 Å². The minimum Gasteiger partial charge on any atom is -0.196 e. The predicted molar refractivity (Wildman–Crippen MR) is 109 cm³/mol. The number of pyridine rings is 1. The topological polar surface area (TPSA) is 3.88 Å². The van der Waals surface area contributed by atoms with Crippen LogP contribution in [0.1, 0.15) is 75.8 Å². The molecule has 1 aromatic heterocycles. The Morgan fingerprint density at radius 3 is 2.20 bits per heavy atom. The minimum absolute atomic E-state index is 0.236. The first-order valence-electron chi connectivity index (χ1n) is 9.98. The molecule has 0 N–H and O–H groups in total. The fourth-order valence-corrected chi connectivity index (χ4v) is 4.13. The number of aryl methyl sites for hydroxylation is 3. The molecule has 2 aromatic rings. The molecule has 0 saturated heterocycles. The van der Waals surface area contributed by atoms with Crippen molar-refractivity contribution in [3.05, 3.63) is 52.7 Å². The third-order valence-corrected chi connectivity index (χ3v) is 5.65. The molecule has 136 valence electrons. The average Bonchev–Trinajstić information content (AvgIpc) is 2.57. The van der Waals surface area contributed by atoms with Gasteiger partial charge in [-0.1, -0.05) is 51.8 Å². The normalized spacial score (nSPS) is 13.7. The Bertz CT molecular complexity index is 729. The van der Waals surface area contributed by atoms with Gasteiger partial charge in [-0.05, 0) is 49.3 Å². The Balaban J connectivity index is 2.77. The van der Waals surface area contributed by atoms with Crippen LogP contribution in [0.15, 0.2) is 30.3 Å². The molecular weight excluding hydrogens is 302 g/mol. The highest BCUT2D eigenvalue weighted by atomic mass is 15.0. The lowest BCUT2D eigenvalue weighted by atomic mass is 9.73. The highest BCUT2D eigenvalue weighted by Crippen LogP contribution is 2.38. The molecule has 0 aliphatic heterocycles. The van der Waals surface area contributed by atoms with Gasteiger partial charge in [-0.3, -0.25) is 0 Å². The first-order chi connectivity index (χ1) is 11.9.